The Kier molecular flexibility index (Phi) is 11.5. The fourth-order valence-electron chi connectivity index (χ4n) is 10.4. The standard InChI is InChI=1S/C50H59FN4O8Si/c1-49(2,3)64(6,7)63-50-36(42(54(4)5)45-40(47(50)59)48(53-62-45)61-28-30-18-12-9-13-19-30)23-31-22-33-39(43(57)38(31)46(50)58)44(60-27-29-16-10-8-11-17-29)35-26-55(25-34(35)41(33)51)37(56)24-52-32-20-14-15-21-32/h8-13,16-19,31-32,36,42,52,57H,14-15,20-28H2,1-7H3/t31-,36-,42-,50-/m0/s1. The molecule has 3 aromatic carbocycles. The summed E-state index contributed by atoms with van der Waals surface area (Å²) in [5, 5.41) is 20.0. The Labute approximate surface area is 375 Å². The molecule has 2 heterocycles. The average Bonchev–Trinajstić information content (AvgIpc) is 4.05. The molecule has 1 aliphatic heterocycles. The molecule has 1 aromatic heterocycles. The summed E-state index contributed by atoms with van der Waals surface area (Å²) in [7, 11) is 0.710. The zero-order valence-electron chi connectivity index (χ0n) is 37.9. The van der Waals surface area contributed by atoms with Crippen molar-refractivity contribution in [1.82, 2.24) is 20.3 Å². The van der Waals surface area contributed by atoms with Crippen LogP contribution >= 0.6 is 0 Å². The Morgan fingerprint density at radius 1 is 0.938 bits per heavy atom. The van der Waals surface area contributed by atoms with Gasteiger partial charge in [0.15, 0.2) is 19.7 Å². The van der Waals surface area contributed by atoms with E-state index in [0.717, 1.165) is 36.8 Å². The number of fused-ring (bicyclic) bond motifs is 5. The first kappa shape index (κ1) is 44.1. The van der Waals surface area contributed by atoms with E-state index in [1.807, 2.05) is 114 Å². The number of aliphatic hydroxyl groups excluding tert-OH is 1. The van der Waals surface area contributed by atoms with Crippen LogP contribution in [-0.2, 0) is 46.7 Å². The number of nitrogens with one attached hydrogen (secondary N) is 1. The lowest BCUT2D eigenvalue weighted by Gasteiger charge is -2.55. The largest absolute Gasteiger partial charge is 0.507 e. The molecule has 14 heteroatoms. The Hall–Kier alpha value is -5.15. The van der Waals surface area contributed by atoms with Crippen molar-refractivity contribution in [3.05, 3.63) is 117 Å². The number of benzene rings is 3. The molecule has 338 valence electrons. The SMILES string of the molecule is CN(C)[C@@H]1c2onc(OCc3ccccc3)c2C(=O)[C@@]2(O[Si](C)(C)C(C)(C)C)C(=O)C3=C(O)c4c(c(F)c5c(c4OCc4ccccc4)CN(C(=O)CNC4CCCC4)C5)C[C@H]3C[C@@H]12. The van der Waals surface area contributed by atoms with Crippen molar-refractivity contribution in [3.8, 4) is 11.6 Å². The maximum Gasteiger partial charge on any atom is 0.265 e. The van der Waals surface area contributed by atoms with Crippen molar-refractivity contribution >= 4 is 31.6 Å². The lowest BCUT2D eigenvalue weighted by molar-refractivity contribution is -0.140. The first-order valence-corrected chi connectivity index (χ1v) is 25.5. The number of halogens is 1. The number of ether oxygens (including phenoxy) is 2. The van der Waals surface area contributed by atoms with Gasteiger partial charge in [-0.1, -0.05) is 94.3 Å². The van der Waals surface area contributed by atoms with Crippen molar-refractivity contribution in [3.63, 3.8) is 0 Å². The lowest BCUT2D eigenvalue weighted by atomic mass is 9.57. The molecule has 1 amide bonds. The number of nitrogens with zero attached hydrogens (tertiary/aromatic N) is 3. The Bertz CT molecular complexity index is 2510. The van der Waals surface area contributed by atoms with Crippen LogP contribution in [0, 0.1) is 17.7 Å². The number of hydrogen-bond acceptors (Lipinski definition) is 11. The molecule has 4 aliphatic carbocycles. The molecular weight excluding hydrogens is 832 g/mol. The monoisotopic (exact) mass is 890 g/mol. The second kappa shape index (κ2) is 16.7. The molecule has 0 bridgehead atoms. The van der Waals surface area contributed by atoms with Gasteiger partial charge in [-0.05, 0) is 80.1 Å². The van der Waals surface area contributed by atoms with Crippen molar-refractivity contribution in [2.45, 2.75) is 121 Å². The smallest absolute Gasteiger partial charge is 0.265 e. The van der Waals surface area contributed by atoms with Crippen LogP contribution in [0.3, 0.4) is 0 Å². The van der Waals surface area contributed by atoms with Crippen molar-refractivity contribution in [2.75, 3.05) is 20.6 Å². The molecular formula is C50H59FN4O8Si. The van der Waals surface area contributed by atoms with E-state index < -0.39 is 60.0 Å². The summed E-state index contributed by atoms with van der Waals surface area (Å²) >= 11 is 0. The number of hydrogen-bond donors (Lipinski definition) is 2. The fourth-order valence-corrected chi connectivity index (χ4v) is 11.9. The molecule has 12 nitrogen and oxygen atoms in total. The zero-order chi connectivity index (χ0) is 45.3. The normalized spacial score (nSPS) is 23.2. The molecule has 4 aromatic rings. The number of aliphatic hydroxyl groups is 1. The van der Waals surface area contributed by atoms with E-state index in [1.54, 1.807) is 4.90 Å². The molecule has 0 saturated heterocycles. The summed E-state index contributed by atoms with van der Waals surface area (Å²) < 4.78 is 43.5. The molecule has 4 atom stereocenters. The first-order valence-electron chi connectivity index (χ1n) is 22.6. The van der Waals surface area contributed by atoms with E-state index in [1.165, 1.54) is 0 Å². The highest BCUT2D eigenvalue weighted by Crippen LogP contribution is 2.60. The topological polar surface area (TPSA) is 144 Å². The van der Waals surface area contributed by atoms with Gasteiger partial charge in [-0.15, -0.1) is 0 Å². The van der Waals surface area contributed by atoms with Gasteiger partial charge in [-0.3, -0.25) is 19.3 Å². The number of carbonyl (C=O) groups is 3. The Morgan fingerprint density at radius 2 is 1.56 bits per heavy atom. The van der Waals surface area contributed by atoms with Crippen molar-refractivity contribution in [1.29, 1.82) is 0 Å². The van der Waals surface area contributed by atoms with E-state index in [-0.39, 0.29) is 97.3 Å². The minimum absolute atomic E-state index is 0.00979. The Morgan fingerprint density at radius 3 is 2.19 bits per heavy atom. The minimum Gasteiger partial charge on any atom is -0.507 e. The van der Waals surface area contributed by atoms with Crippen molar-refractivity contribution in [2.24, 2.45) is 11.8 Å². The number of rotatable bonds is 12. The molecule has 2 saturated carbocycles. The highest BCUT2D eigenvalue weighted by atomic mass is 28.4. The number of amides is 1. The predicted octanol–water partition coefficient (Wildman–Crippen LogP) is 8.64. The maximum absolute atomic E-state index is 17.4. The predicted molar refractivity (Wildman–Crippen MR) is 241 cm³/mol. The van der Waals surface area contributed by atoms with Gasteiger partial charge in [0.2, 0.25) is 17.5 Å². The van der Waals surface area contributed by atoms with Crippen molar-refractivity contribution < 1.29 is 42.3 Å². The first-order chi connectivity index (χ1) is 30.5. The second-order valence-electron chi connectivity index (χ2n) is 20.0. The quantitative estimate of drug-likeness (QED) is 0.104. The van der Waals surface area contributed by atoms with Crippen LogP contribution < -0.4 is 14.8 Å². The van der Waals surface area contributed by atoms with Crippen LogP contribution in [0.15, 0.2) is 70.8 Å². The molecule has 0 spiro atoms. The molecule has 2 fully saturated rings. The van der Waals surface area contributed by atoms with E-state index >= 15 is 14.0 Å². The van der Waals surface area contributed by atoms with E-state index in [2.05, 4.69) is 10.5 Å². The summed E-state index contributed by atoms with van der Waals surface area (Å²) in [6.07, 6.45) is 4.53. The van der Waals surface area contributed by atoms with Gasteiger partial charge in [-0.25, -0.2) is 4.39 Å². The fraction of sp³-hybridized carbons (Fsp3) is 0.480. The Balaban J connectivity index is 1.18. The zero-order valence-corrected chi connectivity index (χ0v) is 38.9. The van der Waals surface area contributed by atoms with Gasteiger partial charge in [0, 0.05) is 40.8 Å². The third-order valence-electron chi connectivity index (χ3n) is 14.8. The maximum atomic E-state index is 17.4. The minimum atomic E-state index is -3.00. The summed E-state index contributed by atoms with van der Waals surface area (Å²) in [6, 6.07) is 18.6. The van der Waals surface area contributed by atoms with Gasteiger partial charge in [0.05, 0.1) is 24.7 Å². The van der Waals surface area contributed by atoms with Gasteiger partial charge in [-0.2, -0.15) is 0 Å². The third kappa shape index (κ3) is 7.39. The van der Waals surface area contributed by atoms with E-state index in [9.17, 15) is 9.90 Å². The highest BCUT2D eigenvalue weighted by molar-refractivity contribution is 6.74. The summed E-state index contributed by atoms with van der Waals surface area (Å²) in [6.45, 7) is 10.6. The summed E-state index contributed by atoms with van der Waals surface area (Å²) in [5.74, 6) is -3.45. The third-order valence-corrected chi connectivity index (χ3v) is 19.2. The second-order valence-corrected chi connectivity index (χ2v) is 24.7. The van der Waals surface area contributed by atoms with Gasteiger partial charge in [0.25, 0.3) is 5.88 Å². The van der Waals surface area contributed by atoms with Gasteiger partial charge in [0.1, 0.15) is 36.1 Å². The van der Waals surface area contributed by atoms with Gasteiger partial charge >= 0.3 is 0 Å². The summed E-state index contributed by atoms with van der Waals surface area (Å²) in [4.78, 5) is 49.0. The van der Waals surface area contributed by atoms with Crippen LogP contribution in [-0.4, -0.2) is 78.1 Å². The molecule has 0 unspecified atom stereocenters. The van der Waals surface area contributed by atoms with E-state index in [0.29, 0.717) is 11.1 Å². The number of carbonyl (C=O) groups excluding carboxylic acids is 3. The van der Waals surface area contributed by atoms with Crippen LogP contribution in [0.1, 0.15) is 108 Å². The number of Topliss-reactive ketones (excluding diaryl/α,β-unsaturated/α-hetero) is 2. The summed E-state index contributed by atoms with van der Waals surface area (Å²) in [5.41, 5.74) is 0.724. The lowest BCUT2D eigenvalue weighted by Crippen LogP contribution is -2.68. The molecule has 2 N–H and O–H groups in total. The average molecular weight is 891 g/mol. The van der Waals surface area contributed by atoms with Crippen LogP contribution in [0.5, 0.6) is 11.6 Å². The number of ketones is 2. The molecule has 64 heavy (non-hydrogen) atoms. The van der Waals surface area contributed by atoms with E-state index in [4.69, 9.17) is 18.4 Å². The number of aromatic nitrogens is 1. The van der Waals surface area contributed by atoms with Crippen LogP contribution in [0.2, 0.25) is 18.1 Å². The molecule has 0 radical (unpaired) electrons. The molecule has 9 rings (SSSR count). The van der Waals surface area contributed by atoms with Crippen LogP contribution in [0.25, 0.3) is 5.76 Å². The van der Waals surface area contributed by atoms with Crippen LogP contribution in [0.4, 0.5) is 4.39 Å². The van der Waals surface area contributed by atoms with Gasteiger partial charge < -0.3 is 33.7 Å². The highest BCUT2D eigenvalue weighted by Gasteiger charge is 2.69. The molecule has 5 aliphatic rings.